The third kappa shape index (κ3) is 13.2. The van der Waals surface area contributed by atoms with E-state index in [1.54, 1.807) is 36.6 Å². The average molecular weight is 771 g/mol. The van der Waals surface area contributed by atoms with E-state index in [4.69, 9.17) is 9.72 Å². The highest BCUT2D eigenvalue weighted by Crippen LogP contribution is 2.34. The number of aromatic nitrogens is 1. The average Bonchev–Trinajstić information content (AvgIpc) is 3.64. The van der Waals surface area contributed by atoms with Crippen molar-refractivity contribution < 1.29 is 34.1 Å². The zero-order chi connectivity index (χ0) is 39.9. The smallest absolute Gasteiger partial charge is 0.306 e. The number of ether oxygens (including phenoxy) is 1. The summed E-state index contributed by atoms with van der Waals surface area (Å²) >= 11 is 1.34. The Bertz CT molecular complexity index is 1480. The largest absolute Gasteiger partial charge is 0.508 e. The SMILES string of the molecule is CCCO[C@H](C[C@H](C(C)C)N(CCC)C(=O)[C@@H](CC(=O)[C@H]1CCCCN1C)C(C)CC)c1nc(C(=O)N[C@@H](Cc2ccc(O)cc2)C[C@H](C)C(=O)O)cs1. The van der Waals surface area contributed by atoms with Gasteiger partial charge < -0.3 is 25.2 Å². The lowest BCUT2D eigenvalue weighted by Gasteiger charge is -2.40. The third-order valence-electron chi connectivity index (χ3n) is 11.0. The Balaban J connectivity index is 1.86. The number of likely N-dealkylation sites (N-methyl/N-ethyl adjacent to an activating group) is 1. The number of carboxylic acids is 1. The van der Waals surface area contributed by atoms with Crippen molar-refractivity contribution in [1.29, 1.82) is 0 Å². The number of rotatable bonds is 23. The first-order chi connectivity index (χ1) is 25.7. The second kappa shape index (κ2) is 22.3. The molecular formula is C42H66N4O7S. The molecule has 0 radical (unpaired) electrons. The van der Waals surface area contributed by atoms with Gasteiger partial charge in [-0.05, 0) is 81.6 Å². The first-order valence-corrected chi connectivity index (χ1v) is 21.0. The zero-order valence-electron chi connectivity index (χ0n) is 33.9. The normalized spacial score (nSPS) is 18.4. The van der Waals surface area contributed by atoms with Crippen LogP contribution in [0.25, 0.3) is 0 Å². The number of benzene rings is 1. The molecule has 1 saturated heterocycles. The number of aliphatic carboxylic acids is 1. The number of Topliss-reactive ketones (excluding diaryl/α,β-unsaturated/α-hetero) is 1. The molecule has 3 rings (SSSR count). The number of piperidine rings is 1. The van der Waals surface area contributed by atoms with Crippen LogP contribution >= 0.6 is 11.3 Å². The van der Waals surface area contributed by atoms with E-state index < -0.39 is 35.9 Å². The van der Waals surface area contributed by atoms with Gasteiger partial charge in [-0.25, -0.2) is 4.98 Å². The van der Waals surface area contributed by atoms with Crippen LogP contribution in [0.1, 0.15) is 133 Å². The quantitative estimate of drug-likeness (QED) is 0.104. The van der Waals surface area contributed by atoms with Crippen LogP contribution in [0.15, 0.2) is 29.6 Å². The minimum absolute atomic E-state index is 0.0282. The maximum Gasteiger partial charge on any atom is 0.306 e. The van der Waals surface area contributed by atoms with Gasteiger partial charge in [0.2, 0.25) is 5.91 Å². The van der Waals surface area contributed by atoms with Gasteiger partial charge in [0, 0.05) is 49.4 Å². The standard InChI is InChI=1S/C42H66N4O7S/c1-9-19-46(41(50)33(28(6)11-3)24-37(48)35-14-12-13-20-45(35)8)36(27(4)5)25-38(53-21-10-2)40-44-34(26-54-40)39(49)43-31(22-29(7)42(51)52)23-30-15-17-32(47)18-16-30/h15-18,26-29,31,33,35-36,38,47H,9-14,19-25H2,1-8H3,(H,43,49)(H,51,52)/t28?,29-,31+,33-,35+,36+,38+/m0/s1. The molecule has 1 aromatic heterocycles. The highest BCUT2D eigenvalue weighted by Gasteiger charge is 2.38. The molecule has 54 heavy (non-hydrogen) atoms. The summed E-state index contributed by atoms with van der Waals surface area (Å²) in [7, 11) is 2.01. The van der Waals surface area contributed by atoms with E-state index in [2.05, 4.69) is 44.8 Å². The molecule has 7 atom stereocenters. The number of nitrogens with one attached hydrogen (secondary N) is 1. The number of likely N-dealkylation sites (tertiary alicyclic amines) is 1. The Hall–Kier alpha value is -3.35. The molecule has 11 nitrogen and oxygen atoms in total. The van der Waals surface area contributed by atoms with Gasteiger partial charge in [0.1, 0.15) is 22.6 Å². The van der Waals surface area contributed by atoms with Crippen molar-refractivity contribution in [3.05, 3.63) is 45.9 Å². The number of nitrogens with zero attached hydrogens (tertiary/aromatic N) is 3. The molecule has 2 aromatic rings. The Kier molecular flexibility index (Phi) is 18.6. The molecule has 1 aromatic carbocycles. The summed E-state index contributed by atoms with van der Waals surface area (Å²) in [4.78, 5) is 62.6. The lowest BCUT2D eigenvalue weighted by atomic mass is 9.82. The first-order valence-electron chi connectivity index (χ1n) is 20.1. The molecular weight excluding hydrogens is 705 g/mol. The number of phenols is 1. The highest BCUT2D eigenvalue weighted by molar-refractivity contribution is 7.09. The number of hydrogen-bond acceptors (Lipinski definition) is 9. The summed E-state index contributed by atoms with van der Waals surface area (Å²) in [6, 6.07) is 5.85. The van der Waals surface area contributed by atoms with E-state index in [-0.39, 0.29) is 59.9 Å². The second-order valence-corrected chi connectivity index (χ2v) is 16.6. The number of carboxylic acid groups (broad SMARTS) is 1. The summed E-state index contributed by atoms with van der Waals surface area (Å²) in [5.41, 5.74) is 1.08. The molecule has 1 unspecified atom stereocenters. The Morgan fingerprint density at radius 3 is 2.33 bits per heavy atom. The summed E-state index contributed by atoms with van der Waals surface area (Å²) in [6.45, 7) is 16.1. The van der Waals surface area contributed by atoms with Crippen LogP contribution in [0.4, 0.5) is 0 Å². The maximum atomic E-state index is 14.7. The Morgan fingerprint density at radius 1 is 1.04 bits per heavy atom. The molecule has 0 saturated carbocycles. The summed E-state index contributed by atoms with van der Waals surface area (Å²) in [5, 5.41) is 24.7. The fourth-order valence-corrected chi connectivity index (χ4v) is 8.32. The van der Waals surface area contributed by atoms with Gasteiger partial charge in [-0.3, -0.25) is 24.1 Å². The maximum absolute atomic E-state index is 14.7. The predicted octanol–water partition coefficient (Wildman–Crippen LogP) is 7.53. The van der Waals surface area contributed by atoms with E-state index >= 15 is 0 Å². The van der Waals surface area contributed by atoms with Crippen molar-refractivity contribution in [2.75, 3.05) is 26.7 Å². The van der Waals surface area contributed by atoms with E-state index in [0.29, 0.717) is 31.0 Å². The molecule has 1 fully saturated rings. The molecule has 3 N–H and O–H groups in total. The number of hydrogen-bond donors (Lipinski definition) is 3. The molecule has 1 aliphatic heterocycles. The fraction of sp³-hybridized carbons (Fsp3) is 0.690. The van der Waals surface area contributed by atoms with Gasteiger partial charge in [0.25, 0.3) is 5.91 Å². The number of thiazole rings is 1. The number of carbonyl (C=O) groups excluding carboxylic acids is 3. The van der Waals surface area contributed by atoms with Crippen LogP contribution in [0.2, 0.25) is 0 Å². The van der Waals surface area contributed by atoms with Gasteiger partial charge in [-0.1, -0.05) is 73.4 Å². The second-order valence-electron chi connectivity index (χ2n) is 15.7. The molecule has 2 heterocycles. The van der Waals surface area contributed by atoms with Gasteiger partial charge in [0.15, 0.2) is 5.78 Å². The van der Waals surface area contributed by atoms with Gasteiger partial charge in [-0.15, -0.1) is 11.3 Å². The third-order valence-corrected chi connectivity index (χ3v) is 11.9. The fourth-order valence-electron chi connectivity index (χ4n) is 7.46. The van der Waals surface area contributed by atoms with Crippen molar-refractivity contribution >= 4 is 34.9 Å². The summed E-state index contributed by atoms with van der Waals surface area (Å²) < 4.78 is 6.43. The number of ketones is 1. The van der Waals surface area contributed by atoms with Crippen LogP contribution in [0, 0.1) is 23.7 Å². The Morgan fingerprint density at radius 2 is 1.74 bits per heavy atom. The van der Waals surface area contributed by atoms with Gasteiger partial charge in [0.05, 0.1) is 12.0 Å². The Labute approximate surface area is 327 Å². The van der Waals surface area contributed by atoms with E-state index in [1.165, 1.54) is 11.3 Å². The number of phenolic OH excluding ortho intramolecular Hbond substituents is 1. The molecule has 0 aliphatic carbocycles. The lowest BCUT2D eigenvalue weighted by Crippen LogP contribution is -2.50. The number of amides is 2. The topological polar surface area (TPSA) is 149 Å². The van der Waals surface area contributed by atoms with Crippen LogP contribution in [0.3, 0.4) is 0 Å². The molecule has 302 valence electrons. The highest BCUT2D eigenvalue weighted by atomic mass is 32.1. The predicted molar refractivity (Wildman–Crippen MR) is 214 cm³/mol. The van der Waals surface area contributed by atoms with Crippen molar-refractivity contribution in [1.82, 2.24) is 20.1 Å². The number of carbonyl (C=O) groups is 4. The minimum atomic E-state index is -0.944. The molecule has 1 aliphatic rings. The van der Waals surface area contributed by atoms with E-state index in [9.17, 15) is 29.4 Å². The number of aromatic hydroxyl groups is 1. The van der Waals surface area contributed by atoms with Crippen LogP contribution in [-0.2, 0) is 25.5 Å². The first kappa shape index (κ1) is 45.0. The van der Waals surface area contributed by atoms with Crippen LogP contribution < -0.4 is 5.32 Å². The molecule has 0 bridgehead atoms. The summed E-state index contributed by atoms with van der Waals surface area (Å²) in [6.07, 6.45) is 6.21. The van der Waals surface area contributed by atoms with Crippen molar-refractivity contribution in [2.24, 2.45) is 23.7 Å². The van der Waals surface area contributed by atoms with E-state index in [1.807, 2.05) is 18.9 Å². The molecule has 0 spiro atoms. The van der Waals surface area contributed by atoms with Crippen LogP contribution in [-0.4, -0.2) is 93.4 Å². The molecule has 12 heteroatoms. The van der Waals surface area contributed by atoms with Crippen molar-refractivity contribution in [2.45, 2.75) is 137 Å². The zero-order valence-corrected chi connectivity index (χ0v) is 34.7. The lowest BCUT2D eigenvalue weighted by molar-refractivity contribution is -0.145. The summed E-state index contributed by atoms with van der Waals surface area (Å²) in [5.74, 6) is -1.98. The van der Waals surface area contributed by atoms with Gasteiger partial charge in [-0.2, -0.15) is 0 Å². The monoisotopic (exact) mass is 770 g/mol. The molecule has 2 amide bonds. The van der Waals surface area contributed by atoms with Crippen molar-refractivity contribution in [3.63, 3.8) is 0 Å². The van der Waals surface area contributed by atoms with Crippen molar-refractivity contribution in [3.8, 4) is 5.75 Å². The van der Waals surface area contributed by atoms with Crippen LogP contribution in [0.5, 0.6) is 5.75 Å². The van der Waals surface area contributed by atoms with E-state index in [0.717, 1.165) is 50.6 Å². The van der Waals surface area contributed by atoms with Gasteiger partial charge >= 0.3 is 5.97 Å². The minimum Gasteiger partial charge on any atom is -0.508 e.